The molecule has 0 amide bonds. The summed E-state index contributed by atoms with van der Waals surface area (Å²) in [6.07, 6.45) is 6.06. The fourth-order valence-corrected chi connectivity index (χ4v) is 10.1. The van der Waals surface area contributed by atoms with E-state index in [1.807, 2.05) is 80.6 Å². The first-order valence-corrected chi connectivity index (χ1v) is 26.4. The van der Waals surface area contributed by atoms with Crippen molar-refractivity contribution in [2.75, 3.05) is 28.1 Å². The number of unbranched alkanes of at least 4 members (excludes halogenated alkanes) is 4. The highest BCUT2D eigenvalue weighted by molar-refractivity contribution is 5.83. The molecule has 2 aromatic carbocycles. The van der Waals surface area contributed by atoms with Gasteiger partial charge in [0.1, 0.15) is 12.5 Å². The number of carboxylic acids is 1. The Bertz CT molecular complexity index is 2090. The van der Waals surface area contributed by atoms with E-state index in [1.165, 1.54) is 20.3 Å². The van der Waals surface area contributed by atoms with Crippen molar-refractivity contribution in [2.45, 2.75) is 204 Å². The highest BCUT2D eigenvalue weighted by Crippen LogP contribution is 2.49. The monoisotopic (exact) mass is 1040 g/mol. The van der Waals surface area contributed by atoms with Gasteiger partial charge in [0.15, 0.2) is 6.10 Å². The molecule has 0 bridgehead atoms. The second-order valence-electron chi connectivity index (χ2n) is 20.6. The Morgan fingerprint density at radius 1 is 0.865 bits per heavy atom. The molecule has 74 heavy (non-hydrogen) atoms. The van der Waals surface area contributed by atoms with Crippen molar-refractivity contribution in [3.63, 3.8) is 0 Å². The molecular formula is C58H84O16. The van der Waals surface area contributed by atoms with Gasteiger partial charge in [0.25, 0.3) is 0 Å². The van der Waals surface area contributed by atoms with E-state index in [0.717, 1.165) is 42.4 Å². The van der Waals surface area contributed by atoms with Crippen LogP contribution in [-0.4, -0.2) is 128 Å². The molecular weight excluding hydrogens is 953 g/mol. The molecule has 0 radical (unpaired) electrons. The van der Waals surface area contributed by atoms with E-state index in [9.17, 15) is 29.7 Å². The van der Waals surface area contributed by atoms with Crippen molar-refractivity contribution in [1.82, 2.24) is 0 Å². The minimum Gasteiger partial charge on any atom is -0.497 e. The smallest absolute Gasteiger partial charge is 0.330 e. The molecule has 11 atom stereocenters. The van der Waals surface area contributed by atoms with Crippen LogP contribution in [-0.2, 0) is 70.2 Å². The molecule has 3 fully saturated rings. The zero-order valence-corrected chi connectivity index (χ0v) is 44.8. The van der Waals surface area contributed by atoms with Gasteiger partial charge in [-0.2, -0.15) is 0 Å². The van der Waals surface area contributed by atoms with Gasteiger partial charge in [-0.1, -0.05) is 113 Å². The molecule has 412 valence electrons. The highest BCUT2D eigenvalue weighted by Gasteiger charge is 2.59. The van der Waals surface area contributed by atoms with Crippen molar-refractivity contribution < 1.29 is 77.1 Å². The molecule has 3 aliphatic heterocycles. The van der Waals surface area contributed by atoms with Crippen molar-refractivity contribution in [3.8, 4) is 5.75 Å². The standard InChI is InChI=1S/C58H84O16/c1-9-10-11-12-16-19-54(63)73-56-43(29-55(64)66-7)28-51(34-52(60)40(3)70-38-68-36-41-17-14-13-15-18-41)74-58(56,67-8)57(4,5)25-24-46-26-39(2)27-48(71-46)33-50-31-44(59)30-49(72-50)32-47(35-53(61)62)69-37-42-20-22-45(65-6)23-21-42/h13-15,17-18,20-25,29,40,44,46-52,56,59-60H,2,9-12,16,19,26-28,30-38H2,1,3-8H3,(H,61,62)/b25-24?,43-29+/t40-,44+,46+,47-,48+,49+,50-,51+,52-,56+,58+/m1/s1. The minimum atomic E-state index is -1.73. The van der Waals surface area contributed by atoms with E-state index >= 15 is 0 Å². The van der Waals surface area contributed by atoms with Crippen LogP contribution in [0, 0.1) is 5.41 Å². The van der Waals surface area contributed by atoms with E-state index in [-0.39, 0.29) is 51.3 Å². The van der Waals surface area contributed by atoms with Crippen molar-refractivity contribution >= 4 is 17.9 Å². The summed E-state index contributed by atoms with van der Waals surface area (Å²) in [7, 11) is 4.34. The number of hydrogen-bond acceptors (Lipinski definition) is 15. The van der Waals surface area contributed by atoms with Crippen molar-refractivity contribution in [2.24, 2.45) is 5.41 Å². The third kappa shape index (κ3) is 19.0. The molecule has 3 saturated heterocycles. The Kier molecular flexibility index (Phi) is 24.7. The van der Waals surface area contributed by atoms with Gasteiger partial charge in [0, 0.05) is 44.3 Å². The lowest BCUT2D eigenvalue weighted by molar-refractivity contribution is -0.338. The third-order valence-electron chi connectivity index (χ3n) is 14.2. The largest absolute Gasteiger partial charge is 0.497 e. The molecule has 0 saturated carbocycles. The van der Waals surface area contributed by atoms with Gasteiger partial charge >= 0.3 is 17.9 Å². The van der Waals surface area contributed by atoms with Crippen LogP contribution in [0.5, 0.6) is 5.75 Å². The molecule has 0 unspecified atom stereocenters. The minimum absolute atomic E-state index is 0.0494. The van der Waals surface area contributed by atoms with Crippen LogP contribution < -0.4 is 4.74 Å². The van der Waals surface area contributed by atoms with Crippen LogP contribution in [0.4, 0.5) is 0 Å². The van der Waals surface area contributed by atoms with Gasteiger partial charge in [-0.3, -0.25) is 9.59 Å². The number of esters is 2. The molecule has 0 spiro atoms. The normalized spacial score (nSPS) is 26.4. The number of rotatable bonds is 30. The summed E-state index contributed by atoms with van der Waals surface area (Å²) in [4.78, 5) is 38.7. The molecule has 5 rings (SSSR count). The Balaban J connectivity index is 1.32. The molecule has 3 N–H and O–H groups in total. The molecule has 2 aromatic rings. The van der Waals surface area contributed by atoms with Crippen LogP contribution in [0.2, 0.25) is 0 Å². The first-order chi connectivity index (χ1) is 35.5. The predicted octanol–water partition coefficient (Wildman–Crippen LogP) is 9.26. The summed E-state index contributed by atoms with van der Waals surface area (Å²) < 4.78 is 61.1. The summed E-state index contributed by atoms with van der Waals surface area (Å²) >= 11 is 0. The number of carbonyl (C=O) groups is 3. The summed E-state index contributed by atoms with van der Waals surface area (Å²) in [6.45, 7) is 12.5. The Morgan fingerprint density at radius 3 is 2.27 bits per heavy atom. The van der Waals surface area contributed by atoms with E-state index in [0.29, 0.717) is 62.9 Å². The molecule has 0 aromatic heterocycles. The molecule has 16 heteroatoms. The van der Waals surface area contributed by atoms with Crippen molar-refractivity contribution in [3.05, 3.63) is 102 Å². The average Bonchev–Trinajstić information content (AvgIpc) is 3.36. The first kappa shape index (κ1) is 60.4. The van der Waals surface area contributed by atoms with Gasteiger partial charge < -0.3 is 62.7 Å². The highest BCUT2D eigenvalue weighted by atomic mass is 16.7. The number of aliphatic hydroxyl groups is 2. The maximum absolute atomic E-state index is 13.8. The van der Waals surface area contributed by atoms with Gasteiger partial charge in [-0.05, 0) is 74.3 Å². The number of aliphatic hydroxyl groups excluding tert-OH is 2. The lowest BCUT2D eigenvalue weighted by Crippen LogP contribution is -2.63. The Hall–Kier alpha value is -4.49. The topological polar surface area (TPSA) is 204 Å². The zero-order valence-electron chi connectivity index (χ0n) is 44.8. The maximum Gasteiger partial charge on any atom is 0.330 e. The van der Waals surface area contributed by atoms with E-state index in [1.54, 1.807) is 14.0 Å². The van der Waals surface area contributed by atoms with Crippen LogP contribution in [0.25, 0.3) is 0 Å². The Morgan fingerprint density at radius 2 is 1.58 bits per heavy atom. The van der Waals surface area contributed by atoms with Gasteiger partial charge in [-0.15, -0.1) is 0 Å². The summed E-state index contributed by atoms with van der Waals surface area (Å²) in [5.74, 6) is -3.12. The molecule has 3 heterocycles. The predicted molar refractivity (Wildman–Crippen MR) is 277 cm³/mol. The van der Waals surface area contributed by atoms with Gasteiger partial charge in [0.05, 0.1) is 88.8 Å². The number of benzene rings is 2. The third-order valence-corrected chi connectivity index (χ3v) is 14.2. The van der Waals surface area contributed by atoms with E-state index in [2.05, 4.69) is 13.5 Å². The van der Waals surface area contributed by atoms with E-state index < -0.39 is 77.9 Å². The second kappa shape index (κ2) is 30.3. The van der Waals surface area contributed by atoms with Crippen LogP contribution in [0.1, 0.15) is 135 Å². The molecule has 0 aliphatic carbocycles. The second-order valence-corrected chi connectivity index (χ2v) is 20.6. The van der Waals surface area contributed by atoms with Gasteiger partial charge in [0.2, 0.25) is 5.79 Å². The maximum atomic E-state index is 13.8. The summed E-state index contributed by atoms with van der Waals surface area (Å²) in [5, 5.41) is 32.3. The number of hydrogen-bond donors (Lipinski definition) is 3. The van der Waals surface area contributed by atoms with Crippen LogP contribution >= 0.6 is 0 Å². The number of aliphatic carboxylic acids is 1. The average molecular weight is 1040 g/mol. The lowest BCUT2D eigenvalue weighted by atomic mass is 9.73. The van der Waals surface area contributed by atoms with Crippen LogP contribution in [0.3, 0.4) is 0 Å². The van der Waals surface area contributed by atoms with Crippen molar-refractivity contribution in [1.29, 1.82) is 0 Å². The molecule has 3 aliphatic rings. The van der Waals surface area contributed by atoms with Crippen LogP contribution in [0.15, 0.2) is 90.6 Å². The summed E-state index contributed by atoms with van der Waals surface area (Å²) in [5.41, 5.74) is 2.15. The zero-order chi connectivity index (χ0) is 53.7. The SMILES string of the molecule is C=C1C[C@@H](C[C@H]2C[C@@H](O)C[C@@H](C[C@H](CC(=O)O)OCc3ccc(OC)cc3)O2)O[C@@H](C=CC(C)(C)[C@@]2(OC)O[C@H](C[C@@H](O)[C@@H](C)OCOCc3ccccc3)C/C(=C\C(=O)OC)[C@@H]2OC(=O)CCCCCCC)C1. The summed E-state index contributed by atoms with van der Waals surface area (Å²) in [6, 6.07) is 17.1. The van der Waals surface area contributed by atoms with Gasteiger partial charge in [-0.25, -0.2) is 4.79 Å². The number of ether oxygens (including phenoxy) is 10. The fraction of sp³-hybridized carbons (Fsp3) is 0.638. The number of carbonyl (C=O) groups excluding carboxylic acids is 2. The molecule has 16 nitrogen and oxygen atoms in total. The Labute approximate surface area is 438 Å². The number of carboxylic acid groups (broad SMARTS) is 1. The lowest BCUT2D eigenvalue weighted by Gasteiger charge is -2.53. The number of methoxy groups -OCH3 is 3. The quantitative estimate of drug-likeness (QED) is 0.0219. The fourth-order valence-electron chi connectivity index (χ4n) is 10.1. The first-order valence-electron chi connectivity index (χ1n) is 26.4. The van der Waals surface area contributed by atoms with E-state index in [4.69, 9.17) is 47.4 Å².